The molecule has 5 nitrogen and oxygen atoms in total. The molecule has 2 bridgehead atoms. The molecule has 2 heterocycles. The quantitative estimate of drug-likeness (QED) is 0.807. The standard InChI is InChI=1S/C18H14N4OS2/c1-2-23-18-17(11-21,12-22)16(9-19,10-20)15(14(25-18)8-24-18)13-6-4-3-5-7-13/h3-7,14-15H,2,8H2,1H3. The van der Waals surface area contributed by atoms with E-state index in [4.69, 9.17) is 4.74 Å². The molecule has 0 aromatic heterocycles. The van der Waals surface area contributed by atoms with Crippen molar-refractivity contribution in [2.45, 2.75) is 22.4 Å². The van der Waals surface area contributed by atoms with Gasteiger partial charge in [0.15, 0.2) is 9.68 Å². The molecule has 2 fully saturated rings. The zero-order valence-electron chi connectivity index (χ0n) is 13.5. The first kappa shape index (κ1) is 17.7. The van der Waals surface area contributed by atoms with Crippen LogP contribution in [0, 0.1) is 56.2 Å². The van der Waals surface area contributed by atoms with Crippen molar-refractivity contribution in [3.8, 4) is 24.3 Å². The molecule has 2 aliphatic rings. The first-order chi connectivity index (χ1) is 12.1. The summed E-state index contributed by atoms with van der Waals surface area (Å²) in [6.45, 7) is 2.08. The number of nitriles is 4. The summed E-state index contributed by atoms with van der Waals surface area (Å²) in [5.41, 5.74) is -2.92. The van der Waals surface area contributed by atoms with E-state index in [1.165, 1.54) is 23.5 Å². The van der Waals surface area contributed by atoms with Gasteiger partial charge in [-0.05, 0) is 12.5 Å². The molecule has 0 amide bonds. The molecule has 3 rings (SSSR count). The second kappa shape index (κ2) is 6.29. The molecular weight excluding hydrogens is 352 g/mol. The lowest BCUT2D eigenvalue weighted by Gasteiger charge is -2.50. The Morgan fingerprint density at radius 1 is 1.08 bits per heavy atom. The van der Waals surface area contributed by atoms with Crippen molar-refractivity contribution in [3.05, 3.63) is 35.9 Å². The fourth-order valence-corrected chi connectivity index (χ4v) is 7.82. The fraction of sp³-hybridized carbons (Fsp3) is 0.444. The van der Waals surface area contributed by atoms with Gasteiger partial charge in [0, 0.05) is 23.5 Å². The lowest BCUT2D eigenvalue weighted by molar-refractivity contribution is 0.00857. The first-order valence-electron chi connectivity index (χ1n) is 7.76. The number of nitrogens with zero attached hydrogens (tertiary/aromatic N) is 4. The van der Waals surface area contributed by atoms with Crippen LogP contribution in [0.25, 0.3) is 0 Å². The number of thioether (sulfide) groups is 2. The highest BCUT2D eigenvalue weighted by Crippen LogP contribution is 2.73. The highest BCUT2D eigenvalue weighted by molar-refractivity contribution is 8.21. The normalized spacial score (nSPS) is 31.1. The largest absolute Gasteiger partial charge is 0.352 e. The van der Waals surface area contributed by atoms with Crippen molar-refractivity contribution in [1.29, 1.82) is 21.0 Å². The molecule has 1 aromatic carbocycles. The number of ether oxygens (including phenoxy) is 1. The van der Waals surface area contributed by atoms with Crippen molar-refractivity contribution in [2.24, 2.45) is 10.8 Å². The predicted molar refractivity (Wildman–Crippen MR) is 94.7 cm³/mol. The molecule has 1 aromatic rings. The van der Waals surface area contributed by atoms with E-state index in [1.807, 2.05) is 42.5 Å². The fourth-order valence-electron chi connectivity index (χ4n) is 3.74. The molecule has 7 heteroatoms. The molecule has 3 unspecified atom stereocenters. The van der Waals surface area contributed by atoms with Crippen LogP contribution < -0.4 is 0 Å². The second-order valence-corrected chi connectivity index (χ2v) is 8.72. The monoisotopic (exact) mass is 366 g/mol. The van der Waals surface area contributed by atoms with E-state index >= 15 is 0 Å². The Labute approximate surface area is 155 Å². The molecule has 25 heavy (non-hydrogen) atoms. The Morgan fingerprint density at radius 3 is 2.24 bits per heavy atom. The van der Waals surface area contributed by atoms with Gasteiger partial charge in [0.05, 0.1) is 24.3 Å². The summed E-state index contributed by atoms with van der Waals surface area (Å²) in [6, 6.07) is 17.5. The lowest BCUT2D eigenvalue weighted by Crippen LogP contribution is -2.59. The van der Waals surface area contributed by atoms with Gasteiger partial charge in [0.2, 0.25) is 5.41 Å². The first-order valence-corrected chi connectivity index (χ1v) is 9.62. The van der Waals surface area contributed by atoms with Gasteiger partial charge in [0.1, 0.15) is 0 Å². The van der Waals surface area contributed by atoms with Crippen LogP contribution in [0.15, 0.2) is 30.3 Å². The molecule has 0 spiro atoms. The highest BCUT2D eigenvalue weighted by Gasteiger charge is 2.78. The topological polar surface area (TPSA) is 104 Å². The number of fused-ring (bicyclic) bond motifs is 2. The van der Waals surface area contributed by atoms with E-state index in [-0.39, 0.29) is 5.25 Å². The molecule has 0 saturated carbocycles. The van der Waals surface area contributed by atoms with Crippen LogP contribution >= 0.6 is 23.5 Å². The Bertz CT molecular complexity index is 817. The third-order valence-corrected chi connectivity index (χ3v) is 8.47. The molecule has 0 radical (unpaired) electrons. The molecular formula is C18H14N4OS2. The molecule has 3 atom stereocenters. The maximum absolute atomic E-state index is 10.1. The van der Waals surface area contributed by atoms with Crippen LogP contribution in [0.5, 0.6) is 0 Å². The van der Waals surface area contributed by atoms with E-state index in [2.05, 4.69) is 12.1 Å². The molecule has 0 N–H and O–H groups in total. The predicted octanol–water partition coefficient (Wildman–Crippen LogP) is 3.39. The molecule has 0 aliphatic carbocycles. The average Bonchev–Trinajstić information content (AvgIpc) is 3.04. The minimum atomic E-state index is -1.90. The SMILES string of the molecule is CCOC12SCC(S1)C(c1ccccc1)C(C#N)(C#N)C2(C#N)C#N. The summed E-state index contributed by atoms with van der Waals surface area (Å²) < 4.78 is 4.65. The Balaban J connectivity index is 2.33. The van der Waals surface area contributed by atoms with Crippen molar-refractivity contribution in [3.63, 3.8) is 0 Å². The summed E-state index contributed by atoms with van der Waals surface area (Å²) in [5, 5.41) is 40.1. The summed E-state index contributed by atoms with van der Waals surface area (Å²) in [5.74, 6) is 0.0667. The van der Waals surface area contributed by atoms with E-state index in [0.29, 0.717) is 12.4 Å². The minimum absolute atomic E-state index is 0.0897. The van der Waals surface area contributed by atoms with Crippen LogP contribution in [0.4, 0.5) is 0 Å². The molecule has 2 saturated heterocycles. The maximum Gasteiger partial charge on any atom is 0.223 e. The highest BCUT2D eigenvalue weighted by atomic mass is 32.2. The van der Waals surface area contributed by atoms with Crippen molar-refractivity contribution >= 4 is 23.5 Å². The number of benzene rings is 1. The Morgan fingerprint density at radius 2 is 1.72 bits per heavy atom. The van der Waals surface area contributed by atoms with Gasteiger partial charge < -0.3 is 4.74 Å². The van der Waals surface area contributed by atoms with Gasteiger partial charge in [0.25, 0.3) is 0 Å². The van der Waals surface area contributed by atoms with Gasteiger partial charge >= 0.3 is 0 Å². The number of hydrogen-bond acceptors (Lipinski definition) is 7. The smallest absolute Gasteiger partial charge is 0.223 e. The van der Waals surface area contributed by atoms with Crippen LogP contribution in [-0.2, 0) is 4.74 Å². The summed E-state index contributed by atoms with van der Waals surface area (Å²) in [6.07, 6.45) is 0. The number of hydrogen-bond donors (Lipinski definition) is 0. The van der Waals surface area contributed by atoms with Crippen LogP contribution in [0.3, 0.4) is 0 Å². The minimum Gasteiger partial charge on any atom is -0.352 e. The van der Waals surface area contributed by atoms with Gasteiger partial charge in [-0.15, -0.1) is 23.5 Å². The van der Waals surface area contributed by atoms with E-state index < -0.39 is 21.0 Å². The number of rotatable bonds is 3. The van der Waals surface area contributed by atoms with E-state index in [9.17, 15) is 21.0 Å². The molecule has 124 valence electrons. The Kier molecular flexibility index (Phi) is 4.44. The maximum atomic E-state index is 10.1. The van der Waals surface area contributed by atoms with Crippen molar-refractivity contribution < 1.29 is 4.74 Å². The summed E-state index contributed by atoms with van der Waals surface area (Å²) in [7, 11) is 0. The third-order valence-electron chi connectivity index (χ3n) is 4.81. The van der Waals surface area contributed by atoms with E-state index in [0.717, 1.165) is 5.56 Å². The zero-order chi connectivity index (χ0) is 18.1. The van der Waals surface area contributed by atoms with Crippen LogP contribution in [0.1, 0.15) is 18.4 Å². The van der Waals surface area contributed by atoms with Gasteiger partial charge in [-0.1, -0.05) is 30.3 Å². The van der Waals surface area contributed by atoms with E-state index in [1.54, 1.807) is 6.92 Å². The van der Waals surface area contributed by atoms with Gasteiger partial charge in [-0.2, -0.15) is 21.0 Å². The summed E-state index contributed by atoms with van der Waals surface area (Å²) in [4.78, 5) is 0. The average molecular weight is 366 g/mol. The van der Waals surface area contributed by atoms with Gasteiger partial charge in [-0.25, -0.2) is 0 Å². The van der Waals surface area contributed by atoms with Crippen LogP contribution in [-0.4, -0.2) is 21.9 Å². The third kappa shape index (κ3) is 2.04. The Hall–Kier alpha value is -2.16. The second-order valence-electron chi connectivity index (χ2n) is 5.85. The van der Waals surface area contributed by atoms with Gasteiger partial charge in [-0.3, -0.25) is 0 Å². The summed E-state index contributed by atoms with van der Waals surface area (Å²) >= 11 is 2.78. The van der Waals surface area contributed by atoms with Crippen molar-refractivity contribution in [2.75, 3.05) is 12.4 Å². The molecule has 2 aliphatic heterocycles. The van der Waals surface area contributed by atoms with Crippen LogP contribution in [0.2, 0.25) is 0 Å². The zero-order valence-corrected chi connectivity index (χ0v) is 15.1. The lowest BCUT2D eigenvalue weighted by atomic mass is 9.57. The van der Waals surface area contributed by atoms with Crippen molar-refractivity contribution in [1.82, 2.24) is 0 Å².